The fraction of sp³-hybridized carbons (Fsp3) is 0.105. The van der Waals surface area contributed by atoms with Crippen molar-refractivity contribution in [3.05, 3.63) is 210 Å². The molecule has 286 valence electrons. The Morgan fingerprint density at radius 2 is 0.633 bits per heavy atom. The Kier molecular flexibility index (Phi) is 8.18. The van der Waals surface area contributed by atoms with E-state index in [9.17, 15) is 0 Å². The Morgan fingerprint density at radius 3 is 1.20 bits per heavy atom. The second kappa shape index (κ2) is 13.7. The molecule has 2 aliphatic rings. The summed E-state index contributed by atoms with van der Waals surface area (Å²) in [5.74, 6) is 1.95. The van der Waals surface area contributed by atoms with Crippen LogP contribution in [0.2, 0.25) is 0 Å². The molecule has 0 atom stereocenters. The molecular weight excluding hydrogens is 727 g/mol. The van der Waals surface area contributed by atoms with Crippen LogP contribution in [0.4, 0.5) is 0 Å². The average molecular weight is 770 g/mol. The molecule has 0 radical (unpaired) electrons. The first kappa shape index (κ1) is 35.9. The first-order chi connectivity index (χ1) is 29.2. The molecule has 0 unspecified atom stereocenters. The van der Waals surface area contributed by atoms with Crippen LogP contribution in [0.1, 0.15) is 49.9 Å². The predicted molar refractivity (Wildman–Crippen MR) is 248 cm³/mol. The zero-order valence-corrected chi connectivity index (χ0v) is 34.2. The van der Waals surface area contributed by atoms with Gasteiger partial charge in [0.15, 0.2) is 17.5 Å². The molecule has 9 aromatic rings. The zero-order chi connectivity index (χ0) is 40.6. The van der Waals surface area contributed by atoms with E-state index in [-0.39, 0.29) is 10.8 Å². The monoisotopic (exact) mass is 769 g/mol. The van der Waals surface area contributed by atoms with Gasteiger partial charge in [-0.05, 0) is 90.0 Å². The molecule has 0 bridgehead atoms. The second-order valence-corrected chi connectivity index (χ2v) is 17.2. The van der Waals surface area contributed by atoms with Gasteiger partial charge in [-0.15, -0.1) is 0 Å². The van der Waals surface area contributed by atoms with E-state index < -0.39 is 0 Å². The van der Waals surface area contributed by atoms with Crippen LogP contribution in [0.15, 0.2) is 188 Å². The van der Waals surface area contributed by atoms with Crippen LogP contribution in [0.5, 0.6) is 0 Å². The van der Waals surface area contributed by atoms with Crippen molar-refractivity contribution in [3.63, 3.8) is 0 Å². The van der Waals surface area contributed by atoms with Gasteiger partial charge in [-0.2, -0.15) is 0 Å². The maximum absolute atomic E-state index is 5.02. The molecule has 1 heterocycles. The largest absolute Gasteiger partial charge is 0.208 e. The second-order valence-electron chi connectivity index (χ2n) is 17.2. The number of nitrogens with zero attached hydrogens (tertiary/aromatic N) is 3. The summed E-state index contributed by atoms with van der Waals surface area (Å²) in [6.07, 6.45) is 0. The van der Waals surface area contributed by atoms with E-state index in [1.165, 1.54) is 61.2 Å². The van der Waals surface area contributed by atoms with Gasteiger partial charge in [0.05, 0.1) is 0 Å². The van der Waals surface area contributed by atoms with Crippen molar-refractivity contribution in [1.29, 1.82) is 0 Å². The standard InChI is InChI=1S/C57H43N3/c1-56(2)48-20-12-11-18-45(48)46-34-51-47(35-50(46)56)52-44(19-13-21-49(52)57(51,3)4)40-28-22-38(23-29-40)39-26-32-43(33-27-39)55-59-53(41-16-9-6-10-17-41)58-54(60-55)42-30-24-37(25-31-42)36-14-7-5-8-15-36/h5-35H,1-4H3. The van der Waals surface area contributed by atoms with E-state index in [2.05, 4.69) is 179 Å². The number of fused-ring (bicyclic) bond motifs is 6. The molecule has 3 heteroatoms. The summed E-state index contributed by atoms with van der Waals surface area (Å²) in [6.45, 7) is 9.52. The summed E-state index contributed by atoms with van der Waals surface area (Å²) in [5, 5.41) is 0. The third-order valence-electron chi connectivity index (χ3n) is 13.0. The molecule has 0 N–H and O–H groups in total. The molecule has 11 rings (SSSR count). The first-order valence-corrected chi connectivity index (χ1v) is 20.9. The lowest BCUT2D eigenvalue weighted by Crippen LogP contribution is -2.16. The lowest BCUT2D eigenvalue weighted by Gasteiger charge is -2.24. The number of aromatic nitrogens is 3. The van der Waals surface area contributed by atoms with Crippen LogP contribution in [0, 0.1) is 0 Å². The minimum atomic E-state index is -0.104. The van der Waals surface area contributed by atoms with Crippen LogP contribution >= 0.6 is 0 Å². The Hall–Kier alpha value is -7.23. The summed E-state index contributed by atoms with van der Waals surface area (Å²) >= 11 is 0. The Labute approximate surface area is 352 Å². The number of benzene rings is 8. The van der Waals surface area contributed by atoms with Crippen LogP contribution in [-0.4, -0.2) is 15.0 Å². The molecule has 0 spiro atoms. The highest BCUT2D eigenvalue weighted by atomic mass is 15.0. The smallest absolute Gasteiger partial charge is 0.164 e. The Balaban J connectivity index is 0.917. The van der Waals surface area contributed by atoms with E-state index in [0.29, 0.717) is 17.5 Å². The summed E-state index contributed by atoms with van der Waals surface area (Å²) in [6, 6.07) is 67.5. The minimum absolute atomic E-state index is 0.0505. The summed E-state index contributed by atoms with van der Waals surface area (Å²) in [7, 11) is 0. The fourth-order valence-electron chi connectivity index (χ4n) is 9.67. The number of hydrogen-bond acceptors (Lipinski definition) is 3. The Morgan fingerprint density at radius 1 is 0.267 bits per heavy atom. The van der Waals surface area contributed by atoms with Crippen molar-refractivity contribution in [1.82, 2.24) is 15.0 Å². The van der Waals surface area contributed by atoms with Gasteiger partial charge in [0.2, 0.25) is 0 Å². The van der Waals surface area contributed by atoms with Crippen LogP contribution in [0.3, 0.4) is 0 Å². The molecule has 3 nitrogen and oxygen atoms in total. The third-order valence-corrected chi connectivity index (χ3v) is 13.0. The van der Waals surface area contributed by atoms with Crippen molar-refractivity contribution < 1.29 is 0 Å². The van der Waals surface area contributed by atoms with Gasteiger partial charge in [-0.25, -0.2) is 15.0 Å². The topological polar surface area (TPSA) is 38.7 Å². The quantitative estimate of drug-likeness (QED) is 0.169. The van der Waals surface area contributed by atoms with Gasteiger partial charge in [0.25, 0.3) is 0 Å². The Bertz CT molecular complexity index is 3090. The predicted octanol–water partition coefficient (Wildman–Crippen LogP) is 14.5. The zero-order valence-electron chi connectivity index (χ0n) is 34.2. The van der Waals surface area contributed by atoms with Gasteiger partial charge in [0, 0.05) is 27.5 Å². The minimum Gasteiger partial charge on any atom is -0.208 e. The third kappa shape index (κ3) is 5.76. The van der Waals surface area contributed by atoms with E-state index in [0.717, 1.165) is 33.4 Å². The molecule has 2 aliphatic carbocycles. The van der Waals surface area contributed by atoms with Crippen molar-refractivity contribution in [2.45, 2.75) is 38.5 Å². The molecule has 0 aliphatic heterocycles. The van der Waals surface area contributed by atoms with Gasteiger partial charge in [-0.1, -0.05) is 204 Å². The lowest BCUT2D eigenvalue weighted by molar-refractivity contribution is 0.652. The fourth-order valence-corrected chi connectivity index (χ4v) is 9.67. The van der Waals surface area contributed by atoms with Gasteiger partial charge >= 0.3 is 0 Å². The highest BCUT2D eigenvalue weighted by molar-refractivity contribution is 5.96. The molecule has 0 saturated carbocycles. The highest BCUT2D eigenvalue weighted by Gasteiger charge is 2.42. The average Bonchev–Trinajstić information content (AvgIpc) is 3.68. The lowest BCUT2D eigenvalue weighted by atomic mass is 9.79. The van der Waals surface area contributed by atoms with Crippen LogP contribution in [-0.2, 0) is 10.8 Å². The van der Waals surface area contributed by atoms with Crippen molar-refractivity contribution in [2.75, 3.05) is 0 Å². The van der Waals surface area contributed by atoms with E-state index in [1.807, 2.05) is 36.4 Å². The molecule has 1 aromatic heterocycles. The van der Waals surface area contributed by atoms with E-state index in [4.69, 9.17) is 15.0 Å². The van der Waals surface area contributed by atoms with E-state index in [1.54, 1.807) is 0 Å². The summed E-state index contributed by atoms with van der Waals surface area (Å²) < 4.78 is 0. The molecule has 0 saturated heterocycles. The summed E-state index contributed by atoms with van der Waals surface area (Å²) in [4.78, 5) is 15.0. The normalized spacial score (nSPS) is 13.9. The molecule has 0 fully saturated rings. The molecule has 60 heavy (non-hydrogen) atoms. The van der Waals surface area contributed by atoms with Crippen LogP contribution in [0.25, 0.3) is 89.8 Å². The van der Waals surface area contributed by atoms with E-state index >= 15 is 0 Å². The number of hydrogen-bond donors (Lipinski definition) is 0. The molecular formula is C57H43N3. The van der Waals surface area contributed by atoms with Gasteiger partial charge < -0.3 is 0 Å². The van der Waals surface area contributed by atoms with Gasteiger partial charge in [-0.3, -0.25) is 0 Å². The highest BCUT2D eigenvalue weighted by Crippen LogP contribution is 2.57. The maximum Gasteiger partial charge on any atom is 0.164 e. The molecule has 8 aromatic carbocycles. The van der Waals surface area contributed by atoms with Crippen molar-refractivity contribution >= 4 is 0 Å². The molecule has 0 amide bonds. The number of rotatable bonds is 6. The SMILES string of the molecule is CC1(C)c2ccccc2-c2cc3c(cc21)-c1c(-c2ccc(-c4ccc(-c5nc(-c6ccccc6)nc(-c6ccc(-c7ccccc7)cc6)n5)cc4)cc2)cccc1C3(C)C. The summed E-state index contributed by atoms with van der Waals surface area (Å²) in [5.41, 5.74) is 21.0. The van der Waals surface area contributed by atoms with Crippen LogP contribution < -0.4 is 0 Å². The first-order valence-electron chi connectivity index (χ1n) is 20.9. The van der Waals surface area contributed by atoms with Crippen molar-refractivity contribution in [3.8, 4) is 89.8 Å². The van der Waals surface area contributed by atoms with Crippen molar-refractivity contribution in [2.24, 2.45) is 0 Å². The van der Waals surface area contributed by atoms with Gasteiger partial charge in [0.1, 0.15) is 0 Å². The maximum atomic E-state index is 5.02.